The average Bonchev–Trinajstić information content (AvgIpc) is 2.09. The molecule has 0 radical (unpaired) electrons. The van der Waals surface area contributed by atoms with Gasteiger partial charge in [0.05, 0.1) is 5.75 Å². The van der Waals surface area contributed by atoms with Crippen LogP contribution in [0.1, 0.15) is 34.6 Å². The number of amides is 1. The van der Waals surface area contributed by atoms with E-state index in [2.05, 4.69) is 39.9 Å². The van der Waals surface area contributed by atoms with Crippen LogP contribution in [0.15, 0.2) is 0 Å². The summed E-state index contributed by atoms with van der Waals surface area (Å²) in [5.41, 5.74) is 5.83. The van der Waals surface area contributed by atoms with E-state index in [9.17, 15) is 4.79 Å². The Morgan fingerprint density at radius 3 is 2.33 bits per heavy atom. The first-order chi connectivity index (χ1) is 6.72. The van der Waals surface area contributed by atoms with E-state index in [1.807, 2.05) is 0 Å². The van der Waals surface area contributed by atoms with E-state index >= 15 is 0 Å². The number of thioether (sulfide) groups is 1. The van der Waals surface area contributed by atoms with Crippen LogP contribution in [-0.2, 0) is 4.79 Å². The molecule has 0 saturated carbocycles. The lowest BCUT2D eigenvalue weighted by molar-refractivity contribution is -0.118. The van der Waals surface area contributed by atoms with E-state index in [-0.39, 0.29) is 16.7 Å². The summed E-state index contributed by atoms with van der Waals surface area (Å²) in [6.07, 6.45) is 0. The van der Waals surface area contributed by atoms with E-state index in [0.29, 0.717) is 18.2 Å². The quantitative estimate of drug-likeness (QED) is 0.757. The van der Waals surface area contributed by atoms with Crippen molar-refractivity contribution in [2.75, 3.05) is 12.3 Å². The Kier molecular flexibility index (Phi) is 6.29. The van der Waals surface area contributed by atoms with Crippen LogP contribution in [0, 0.1) is 5.92 Å². The van der Waals surface area contributed by atoms with Crippen LogP contribution in [-0.4, -0.2) is 29.0 Å². The molecule has 1 amide bonds. The summed E-state index contributed by atoms with van der Waals surface area (Å²) in [6.45, 7) is 11.0. The van der Waals surface area contributed by atoms with Gasteiger partial charge in [-0.1, -0.05) is 34.6 Å². The van der Waals surface area contributed by atoms with Gasteiger partial charge in [0, 0.05) is 17.3 Å². The summed E-state index contributed by atoms with van der Waals surface area (Å²) >= 11 is 1.65. The lowest BCUT2D eigenvalue weighted by atomic mass is 10.1. The fraction of sp³-hybridized carbons (Fsp3) is 0.909. The fourth-order valence-corrected chi connectivity index (χ4v) is 1.47. The standard InChI is InChI=1S/C11H24N2OS/c1-8(2)9(12)6-13-10(14)7-15-11(3,4)5/h8-9H,6-7,12H2,1-5H3,(H,13,14). The highest BCUT2D eigenvalue weighted by atomic mass is 32.2. The van der Waals surface area contributed by atoms with Gasteiger partial charge >= 0.3 is 0 Å². The lowest BCUT2D eigenvalue weighted by Gasteiger charge is -2.19. The van der Waals surface area contributed by atoms with Crippen LogP contribution < -0.4 is 11.1 Å². The first-order valence-corrected chi connectivity index (χ1v) is 6.37. The third-order valence-corrected chi connectivity index (χ3v) is 3.30. The number of hydrogen-bond donors (Lipinski definition) is 2. The Hall–Kier alpha value is -0.220. The maximum Gasteiger partial charge on any atom is 0.230 e. The number of carbonyl (C=O) groups excluding carboxylic acids is 1. The molecule has 0 rings (SSSR count). The Bertz CT molecular complexity index is 199. The van der Waals surface area contributed by atoms with E-state index < -0.39 is 0 Å². The zero-order valence-corrected chi connectivity index (χ0v) is 11.3. The van der Waals surface area contributed by atoms with Crippen molar-refractivity contribution >= 4 is 17.7 Å². The summed E-state index contributed by atoms with van der Waals surface area (Å²) in [5, 5.41) is 2.85. The lowest BCUT2D eigenvalue weighted by Crippen LogP contribution is -2.41. The fourth-order valence-electron chi connectivity index (χ4n) is 0.800. The Morgan fingerprint density at radius 1 is 1.40 bits per heavy atom. The predicted molar refractivity (Wildman–Crippen MR) is 68.0 cm³/mol. The highest BCUT2D eigenvalue weighted by Gasteiger charge is 2.14. The zero-order chi connectivity index (χ0) is 12.1. The van der Waals surface area contributed by atoms with Crippen molar-refractivity contribution in [1.82, 2.24) is 5.32 Å². The molecule has 90 valence electrons. The molecule has 4 heteroatoms. The van der Waals surface area contributed by atoms with Gasteiger partial charge in [0.15, 0.2) is 0 Å². The first-order valence-electron chi connectivity index (χ1n) is 5.38. The van der Waals surface area contributed by atoms with Crippen LogP contribution in [0.25, 0.3) is 0 Å². The molecule has 3 nitrogen and oxygen atoms in total. The summed E-state index contributed by atoms with van der Waals surface area (Å²) in [6, 6.07) is 0.0496. The molecule has 0 aromatic heterocycles. The van der Waals surface area contributed by atoms with E-state index in [1.54, 1.807) is 11.8 Å². The van der Waals surface area contributed by atoms with E-state index in [0.717, 1.165) is 0 Å². The SMILES string of the molecule is CC(C)C(N)CNC(=O)CSC(C)(C)C. The number of nitrogens with two attached hydrogens (primary N) is 1. The van der Waals surface area contributed by atoms with Crippen LogP contribution in [0.2, 0.25) is 0 Å². The molecule has 3 N–H and O–H groups in total. The molecule has 0 saturated heterocycles. The second-order valence-electron chi connectivity index (χ2n) is 5.11. The van der Waals surface area contributed by atoms with Crippen LogP contribution in [0.4, 0.5) is 0 Å². The normalized spacial score (nSPS) is 14.1. The maximum atomic E-state index is 11.4. The Balaban J connectivity index is 3.67. The summed E-state index contributed by atoms with van der Waals surface area (Å²) in [4.78, 5) is 11.4. The van der Waals surface area contributed by atoms with Crippen LogP contribution >= 0.6 is 11.8 Å². The van der Waals surface area contributed by atoms with Gasteiger partial charge in [-0.3, -0.25) is 4.79 Å². The molecule has 0 aromatic carbocycles. The largest absolute Gasteiger partial charge is 0.354 e. The van der Waals surface area contributed by atoms with Crippen molar-refractivity contribution in [1.29, 1.82) is 0 Å². The zero-order valence-electron chi connectivity index (χ0n) is 10.5. The minimum atomic E-state index is 0.0496. The van der Waals surface area contributed by atoms with Crippen LogP contribution in [0.5, 0.6) is 0 Å². The number of hydrogen-bond acceptors (Lipinski definition) is 3. The molecule has 0 aliphatic carbocycles. The highest BCUT2D eigenvalue weighted by molar-refractivity contribution is 8.01. The molecule has 1 atom stereocenters. The molecule has 0 bridgehead atoms. The molecular formula is C11H24N2OS. The Labute approximate surface area is 97.6 Å². The minimum absolute atomic E-state index is 0.0496. The number of carbonyl (C=O) groups is 1. The maximum absolute atomic E-state index is 11.4. The second kappa shape index (κ2) is 6.38. The molecule has 0 aliphatic heterocycles. The molecule has 1 unspecified atom stereocenters. The van der Waals surface area contributed by atoms with Gasteiger partial charge in [-0.05, 0) is 5.92 Å². The minimum Gasteiger partial charge on any atom is -0.354 e. The number of rotatable bonds is 5. The molecule has 0 aromatic rings. The molecule has 0 spiro atoms. The van der Waals surface area contributed by atoms with Gasteiger partial charge in [0.25, 0.3) is 0 Å². The third kappa shape index (κ3) is 8.75. The molecular weight excluding hydrogens is 208 g/mol. The van der Waals surface area contributed by atoms with Gasteiger partial charge in [0.2, 0.25) is 5.91 Å². The Morgan fingerprint density at radius 2 is 1.93 bits per heavy atom. The van der Waals surface area contributed by atoms with Crippen molar-refractivity contribution in [2.45, 2.75) is 45.4 Å². The monoisotopic (exact) mass is 232 g/mol. The highest BCUT2D eigenvalue weighted by Crippen LogP contribution is 2.22. The van der Waals surface area contributed by atoms with E-state index in [4.69, 9.17) is 5.73 Å². The van der Waals surface area contributed by atoms with Gasteiger partial charge in [-0.25, -0.2) is 0 Å². The number of nitrogens with one attached hydrogen (secondary N) is 1. The van der Waals surface area contributed by atoms with Gasteiger partial charge in [0.1, 0.15) is 0 Å². The summed E-state index contributed by atoms with van der Waals surface area (Å²) in [7, 11) is 0. The first kappa shape index (κ1) is 14.8. The van der Waals surface area contributed by atoms with Crippen molar-refractivity contribution in [3.8, 4) is 0 Å². The van der Waals surface area contributed by atoms with Crippen molar-refractivity contribution in [2.24, 2.45) is 11.7 Å². The van der Waals surface area contributed by atoms with Gasteiger partial charge in [-0.15, -0.1) is 11.8 Å². The van der Waals surface area contributed by atoms with Crippen molar-refractivity contribution in [3.63, 3.8) is 0 Å². The second-order valence-corrected chi connectivity index (χ2v) is 6.92. The molecule has 0 aliphatic rings. The average molecular weight is 232 g/mol. The molecule has 0 fully saturated rings. The van der Waals surface area contributed by atoms with Gasteiger partial charge < -0.3 is 11.1 Å². The topological polar surface area (TPSA) is 55.1 Å². The van der Waals surface area contributed by atoms with Crippen molar-refractivity contribution < 1.29 is 4.79 Å². The van der Waals surface area contributed by atoms with Gasteiger partial charge in [-0.2, -0.15) is 0 Å². The smallest absolute Gasteiger partial charge is 0.230 e. The molecule has 0 heterocycles. The summed E-state index contributed by atoms with van der Waals surface area (Å²) in [5.74, 6) is 0.987. The van der Waals surface area contributed by atoms with Crippen molar-refractivity contribution in [3.05, 3.63) is 0 Å². The van der Waals surface area contributed by atoms with Crippen LogP contribution in [0.3, 0.4) is 0 Å². The molecule has 15 heavy (non-hydrogen) atoms. The third-order valence-electron chi connectivity index (χ3n) is 2.03. The predicted octanol–water partition coefficient (Wildman–Crippen LogP) is 1.62. The summed E-state index contributed by atoms with van der Waals surface area (Å²) < 4.78 is 0.136. The van der Waals surface area contributed by atoms with E-state index in [1.165, 1.54) is 0 Å².